The molecule has 5 nitrogen and oxygen atoms in total. The van der Waals surface area contributed by atoms with Crippen LogP contribution in [0.3, 0.4) is 0 Å². The maximum atomic E-state index is 11.2. The monoisotopic (exact) mass is 243 g/mol. The van der Waals surface area contributed by atoms with Gasteiger partial charge in [0.1, 0.15) is 5.82 Å². The first-order valence-electron chi connectivity index (χ1n) is 5.55. The van der Waals surface area contributed by atoms with Crippen molar-refractivity contribution in [2.75, 3.05) is 11.9 Å². The Balaban J connectivity index is 2.06. The molecule has 1 unspecified atom stereocenters. The second-order valence-corrected chi connectivity index (χ2v) is 3.77. The lowest BCUT2D eigenvalue weighted by Gasteiger charge is -2.13. The first-order chi connectivity index (χ1) is 8.77. The smallest absolute Gasteiger partial charge is 0.312 e. The van der Waals surface area contributed by atoms with E-state index in [2.05, 4.69) is 15.3 Å². The zero-order valence-electron chi connectivity index (χ0n) is 9.65. The normalized spacial score (nSPS) is 11.8. The number of carboxylic acids is 1. The summed E-state index contributed by atoms with van der Waals surface area (Å²) in [4.78, 5) is 19.2. The van der Waals surface area contributed by atoms with Crippen LogP contribution in [0, 0.1) is 0 Å². The van der Waals surface area contributed by atoms with Gasteiger partial charge in [-0.25, -0.2) is 4.98 Å². The Morgan fingerprint density at radius 2 is 2.06 bits per heavy atom. The minimum atomic E-state index is -0.863. The predicted octanol–water partition coefficient (Wildman–Crippen LogP) is 1.76. The van der Waals surface area contributed by atoms with Crippen molar-refractivity contribution in [3.05, 3.63) is 54.5 Å². The number of nitrogens with one attached hydrogen (secondary N) is 1. The molecule has 92 valence electrons. The molecule has 0 spiro atoms. The number of aromatic nitrogens is 2. The second kappa shape index (κ2) is 5.77. The molecule has 0 aliphatic carbocycles. The number of benzene rings is 1. The van der Waals surface area contributed by atoms with E-state index in [1.165, 1.54) is 0 Å². The Bertz CT molecular complexity index is 502. The SMILES string of the molecule is O=C(O)C(CNc1cnccn1)c1ccccc1. The number of carboxylic acid groups (broad SMARTS) is 1. The van der Waals surface area contributed by atoms with Crippen LogP contribution in [0.25, 0.3) is 0 Å². The molecule has 2 N–H and O–H groups in total. The van der Waals surface area contributed by atoms with E-state index in [9.17, 15) is 9.90 Å². The van der Waals surface area contributed by atoms with Gasteiger partial charge in [-0.2, -0.15) is 0 Å². The third-order valence-corrected chi connectivity index (χ3v) is 2.55. The van der Waals surface area contributed by atoms with Crippen LogP contribution in [0.15, 0.2) is 48.9 Å². The molecule has 0 radical (unpaired) electrons. The number of hydrogen-bond donors (Lipinski definition) is 2. The fourth-order valence-electron chi connectivity index (χ4n) is 1.63. The molecule has 1 atom stereocenters. The summed E-state index contributed by atoms with van der Waals surface area (Å²) in [5, 5.41) is 12.2. The van der Waals surface area contributed by atoms with Gasteiger partial charge in [0.15, 0.2) is 0 Å². The van der Waals surface area contributed by atoms with E-state index in [1.807, 2.05) is 18.2 Å². The van der Waals surface area contributed by atoms with Gasteiger partial charge in [0.05, 0.1) is 12.1 Å². The van der Waals surface area contributed by atoms with Gasteiger partial charge in [-0.3, -0.25) is 9.78 Å². The highest BCUT2D eigenvalue weighted by molar-refractivity contribution is 5.76. The molecule has 0 amide bonds. The number of carbonyl (C=O) groups is 1. The van der Waals surface area contributed by atoms with Crippen molar-refractivity contribution in [3.8, 4) is 0 Å². The van der Waals surface area contributed by atoms with Gasteiger partial charge < -0.3 is 10.4 Å². The number of rotatable bonds is 5. The molecular weight excluding hydrogens is 230 g/mol. The maximum Gasteiger partial charge on any atom is 0.312 e. The van der Waals surface area contributed by atoms with Crippen LogP contribution in [0.4, 0.5) is 5.82 Å². The standard InChI is InChI=1S/C13H13N3O2/c17-13(18)11(10-4-2-1-3-5-10)8-16-12-9-14-6-7-15-12/h1-7,9,11H,8H2,(H,15,16)(H,17,18). The van der Waals surface area contributed by atoms with Crippen molar-refractivity contribution in [1.82, 2.24) is 9.97 Å². The minimum Gasteiger partial charge on any atom is -0.481 e. The highest BCUT2D eigenvalue weighted by atomic mass is 16.4. The molecule has 0 aliphatic heterocycles. The lowest BCUT2D eigenvalue weighted by Crippen LogP contribution is -2.21. The third-order valence-electron chi connectivity index (χ3n) is 2.55. The molecule has 0 saturated heterocycles. The molecule has 0 fully saturated rings. The summed E-state index contributed by atoms with van der Waals surface area (Å²) in [5.74, 6) is -0.898. The Kier molecular flexibility index (Phi) is 3.86. The fraction of sp³-hybridized carbons (Fsp3) is 0.154. The molecule has 0 aliphatic rings. The van der Waals surface area contributed by atoms with Crippen LogP contribution in [0.5, 0.6) is 0 Å². The summed E-state index contributed by atoms with van der Waals surface area (Å²) in [6.45, 7) is 0.276. The summed E-state index contributed by atoms with van der Waals surface area (Å²) >= 11 is 0. The van der Waals surface area contributed by atoms with Gasteiger partial charge in [0.25, 0.3) is 0 Å². The maximum absolute atomic E-state index is 11.2. The van der Waals surface area contributed by atoms with Gasteiger partial charge in [-0.1, -0.05) is 30.3 Å². The summed E-state index contributed by atoms with van der Waals surface area (Å²) in [6, 6.07) is 9.12. The fourth-order valence-corrected chi connectivity index (χ4v) is 1.63. The quantitative estimate of drug-likeness (QED) is 0.836. The van der Waals surface area contributed by atoms with E-state index < -0.39 is 11.9 Å². The van der Waals surface area contributed by atoms with Crippen molar-refractivity contribution in [1.29, 1.82) is 0 Å². The van der Waals surface area contributed by atoms with Crippen LogP contribution in [0.2, 0.25) is 0 Å². The van der Waals surface area contributed by atoms with Crippen LogP contribution in [-0.4, -0.2) is 27.6 Å². The lowest BCUT2D eigenvalue weighted by atomic mass is 9.99. The van der Waals surface area contributed by atoms with E-state index in [4.69, 9.17) is 0 Å². The number of aliphatic carboxylic acids is 1. The summed E-state index contributed by atoms with van der Waals surface area (Å²) in [6.07, 6.45) is 4.68. The second-order valence-electron chi connectivity index (χ2n) is 3.77. The third kappa shape index (κ3) is 3.04. The number of nitrogens with zero attached hydrogens (tertiary/aromatic N) is 2. The number of hydrogen-bond acceptors (Lipinski definition) is 4. The molecule has 2 rings (SSSR count). The highest BCUT2D eigenvalue weighted by Crippen LogP contribution is 2.16. The Labute approximate surface area is 105 Å². The van der Waals surface area contributed by atoms with E-state index in [0.717, 1.165) is 5.56 Å². The molecular formula is C13H13N3O2. The Hall–Kier alpha value is -2.43. The van der Waals surface area contributed by atoms with E-state index in [0.29, 0.717) is 5.82 Å². The van der Waals surface area contributed by atoms with Crippen molar-refractivity contribution in [2.24, 2.45) is 0 Å². The van der Waals surface area contributed by atoms with Crippen LogP contribution < -0.4 is 5.32 Å². The Morgan fingerprint density at radius 3 is 2.67 bits per heavy atom. The molecule has 5 heteroatoms. The lowest BCUT2D eigenvalue weighted by molar-refractivity contribution is -0.138. The van der Waals surface area contributed by atoms with Crippen molar-refractivity contribution < 1.29 is 9.90 Å². The average molecular weight is 243 g/mol. The van der Waals surface area contributed by atoms with E-state index in [-0.39, 0.29) is 6.54 Å². The van der Waals surface area contributed by atoms with Crippen molar-refractivity contribution in [2.45, 2.75) is 5.92 Å². The first kappa shape index (κ1) is 12.0. The van der Waals surface area contributed by atoms with Crippen LogP contribution >= 0.6 is 0 Å². The van der Waals surface area contributed by atoms with Crippen molar-refractivity contribution >= 4 is 11.8 Å². The molecule has 1 aromatic carbocycles. The molecule has 1 heterocycles. The zero-order chi connectivity index (χ0) is 12.8. The van der Waals surface area contributed by atoms with Gasteiger partial charge in [0, 0.05) is 18.9 Å². The Morgan fingerprint density at radius 1 is 1.28 bits per heavy atom. The van der Waals surface area contributed by atoms with Gasteiger partial charge >= 0.3 is 5.97 Å². The molecule has 1 aromatic heterocycles. The van der Waals surface area contributed by atoms with Gasteiger partial charge in [-0.15, -0.1) is 0 Å². The molecule has 18 heavy (non-hydrogen) atoms. The topological polar surface area (TPSA) is 75.1 Å². The van der Waals surface area contributed by atoms with Gasteiger partial charge in [0.2, 0.25) is 0 Å². The van der Waals surface area contributed by atoms with Crippen molar-refractivity contribution in [3.63, 3.8) is 0 Å². The largest absolute Gasteiger partial charge is 0.481 e. The molecule has 0 bridgehead atoms. The molecule has 2 aromatic rings. The number of anilines is 1. The summed E-state index contributed by atoms with van der Waals surface area (Å²) < 4.78 is 0. The summed E-state index contributed by atoms with van der Waals surface area (Å²) in [5.41, 5.74) is 0.765. The first-order valence-corrected chi connectivity index (χ1v) is 5.55. The van der Waals surface area contributed by atoms with E-state index >= 15 is 0 Å². The highest BCUT2D eigenvalue weighted by Gasteiger charge is 2.19. The predicted molar refractivity (Wildman–Crippen MR) is 67.3 cm³/mol. The average Bonchev–Trinajstić information content (AvgIpc) is 2.41. The van der Waals surface area contributed by atoms with Crippen LogP contribution in [0.1, 0.15) is 11.5 Å². The molecule has 0 saturated carbocycles. The van der Waals surface area contributed by atoms with Crippen LogP contribution in [-0.2, 0) is 4.79 Å². The van der Waals surface area contributed by atoms with E-state index in [1.54, 1.807) is 30.7 Å². The zero-order valence-corrected chi connectivity index (χ0v) is 9.65. The minimum absolute atomic E-state index is 0.276. The summed E-state index contributed by atoms with van der Waals surface area (Å²) in [7, 11) is 0. The van der Waals surface area contributed by atoms with Gasteiger partial charge in [-0.05, 0) is 5.56 Å².